The van der Waals surface area contributed by atoms with Crippen LogP contribution in [0.1, 0.15) is 46.4 Å². The first kappa shape index (κ1) is 26.0. The molecule has 0 amide bonds. The average Bonchev–Trinajstić information content (AvgIpc) is 2.93. The summed E-state index contributed by atoms with van der Waals surface area (Å²) in [5.41, 5.74) is 3.51. The van der Waals surface area contributed by atoms with Gasteiger partial charge in [-0.25, -0.2) is 0 Å². The molecule has 1 aromatic heterocycles. The predicted octanol–water partition coefficient (Wildman–Crippen LogP) is 6.31. The van der Waals surface area contributed by atoms with Gasteiger partial charge >= 0.3 is 0 Å². The van der Waals surface area contributed by atoms with E-state index in [2.05, 4.69) is 35.3 Å². The molecule has 0 radical (unpaired) electrons. The summed E-state index contributed by atoms with van der Waals surface area (Å²) in [4.78, 5) is 16.7. The Kier molecular flexibility index (Phi) is 10.3. The summed E-state index contributed by atoms with van der Waals surface area (Å²) < 4.78 is 17.8. The largest absolute Gasteiger partial charge is 0.488 e. The Morgan fingerprint density at radius 1 is 1.00 bits per heavy atom. The zero-order valence-electron chi connectivity index (χ0n) is 20.2. The maximum Gasteiger partial charge on any atom is 0.154 e. The van der Waals surface area contributed by atoms with Gasteiger partial charge in [0.05, 0.1) is 24.5 Å². The number of aromatic nitrogens is 1. The lowest BCUT2D eigenvalue weighted by Crippen LogP contribution is -2.26. The van der Waals surface area contributed by atoms with Crippen LogP contribution in [-0.2, 0) is 27.6 Å². The van der Waals surface area contributed by atoms with Crippen molar-refractivity contribution in [2.45, 2.75) is 43.5 Å². The minimum atomic E-state index is -0.254. The number of carbonyl (C=O) groups is 1. The standard InChI is InChI=1S/C28H33NO4S2/c1-31-25(17-32-16-21-9-10-22-7-3-4-8-23(22)13-21)18-33-28-26(15-30)24-14-29-27(28)20-35-12-6-2-5-11-34-19-24/h3-4,7-10,13-15,25H,2,5-6,11-12,16-20H2,1H3/t25-/m0/s1. The van der Waals surface area contributed by atoms with E-state index >= 15 is 0 Å². The number of hydrogen-bond donors (Lipinski definition) is 0. The number of rotatable bonds is 9. The molecule has 3 heterocycles. The Labute approximate surface area is 216 Å². The molecular weight excluding hydrogens is 478 g/mol. The summed E-state index contributed by atoms with van der Waals surface area (Å²) >= 11 is 3.70. The van der Waals surface area contributed by atoms with Gasteiger partial charge in [0.1, 0.15) is 12.7 Å². The first-order valence-electron chi connectivity index (χ1n) is 12.1. The molecule has 0 N–H and O–H groups in total. The first-order chi connectivity index (χ1) is 17.3. The second-order valence-corrected chi connectivity index (χ2v) is 10.8. The fourth-order valence-corrected chi connectivity index (χ4v) is 5.98. The summed E-state index contributed by atoms with van der Waals surface area (Å²) in [6.45, 7) is 1.19. The van der Waals surface area contributed by atoms with Crippen molar-refractivity contribution in [1.29, 1.82) is 0 Å². The smallest absolute Gasteiger partial charge is 0.154 e. The van der Waals surface area contributed by atoms with E-state index in [1.807, 2.05) is 41.9 Å². The van der Waals surface area contributed by atoms with Gasteiger partial charge in [0, 0.05) is 24.8 Å². The van der Waals surface area contributed by atoms with Crippen LogP contribution in [0.3, 0.4) is 0 Å². The zero-order chi connectivity index (χ0) is 24.3. The molecule has 0 fully saturated rings. The molecule has 2 aliphatic heterocycles. The van der Waals surface area contributed by atoms with E-state index in [9.17, 15) is 4.79 Å². The molecule has 35 heavy (non-hydrogen) atoms. The maximum absolute atomic E-state index is 12.1. The van der Waals surface area contributed by atoms with Crippen molar-refractivity contribution in [3.8, 4) is 5.75 Å². The van der Waals surface area contributed by atoms with Gasteiger partial charge < -0.3 is 14.2 Å². The first-order valence-corrected chi connectivity index (χ1v) is 14.4. The number of benzene rings is 2. The molecule has 2 bridgehead atoms. The zero-order valence-corrected chi connectivity index (χ0v) is 21.9. The van der Waals surface area contributed by atoms with Crippen LogP contribution in [0, 0.1) is 0 Å². The molecule has 0 aliphatic carbocycles. The summed E-state index contributed by atoms with van der Waals surface area (Å²) in [7, 11) is 1.66. The van der Waals surface area contributed by atoms with Gasteiger partial charge in [0.25, 0.3) is 0 Å². The molecule has 0 spiro atoms. The highest BCUT2D eigenvalue weighted by Gasteiger charge is 2.19. The molecule has 2 aromatic carbocycles. The van der Waals surface area contributed by atoms with Gasteiger partial charge in [-0.05, 0) is 52.3 Å². The Morgan fingerprint density at radius 2 is 1.80 bits per heavy atom. The van der Waals surface area contributed by atoms with E-state index < -0.39 is 0 Å². The minimum Gasteiger partial charge on any atom is -0.488 e. The van der Waals surface area contributed by atoms with E-state index in [1.165, 1.54) is 30.0 Å². The van der Waals surface area contributed by atoms with E-state index in [-0.39, 0.29) is 6.10 Å². The number of thioether (sulfide) groups is 2. The molecule has 186 valence electrons. The normalized spacial score (nSPS) is 15.7. The summed E-state index contributed by atoms with van der Waals surface area (Å²) in [5, 5.41) is 2.42. The Hall–Kier alpha value is -2.06. The molecule has 5 rings (SSSR count). The number of carbonyl (C=O) groups excluding carboxylic acids is 1. The lowest BCUT2D eigenvalue weighted by Gasteiger charge is -2.20. The van der Waals surface area contributed by atoms with Gasteiger partial charge in [-0.2, -0.15) is 23.5 Å². The average molecular weight is 512 g/mol. The van der Waals surface area contributed by atoms with Gasteiger partial charge in [-0.1, -0.05) is 42.8 Å². The minimum absolute atomic E-state index is 0.254. The second-order valence-electron chi connectivity index (χ2n) is 8.62. The van der Waals surface area contributed by atoms with Gasteiger partial charge in [-0.15, -0.1) is 0 Å². The number of pyridine rings is 1. The fraction of sp³-hybridized carbons (Fsp3) is 0.429. The number of methoxy groups -OCH3 is 1. The van der Waals surface area contributed by atoms with Gasteiger partial charge in [0.15, 0.2) is 12.0 Å². The number of fused-ring (bicyclic) bond motifs is 11. The lowest BCUT2D eigenvalue weighted by molar-refractivity contribution is -0.0199. The third-order valence-electron chi connectivity index (χ3n) is 6.05. The van der Waals surface area contributed by atoms with Crippen molar-refractivity contribution in [2.24, 2.45) is 0 Å². The van der Waals surface area contributed by atoms with Gasteiger partial charge in [-0.3, -0.25) is 9.78 Å². The van der Waals surface area contributed by atoms with Crippen molar-refractivity contribution in [2.75, 3.05) is 31.8 Å². The van der Waals surface area contributed by atoms with E-state index in [0.29, 0.717) is 31.1 Å². The maximum atomic E-state index is 12.1. The van der Waals surface area contributed by atoms with Crippen LogP contribution >= 0.6 is 23.5 Å². The molecular formula is C28H33NO4S2. The summed E-state index contributed by atoms with van der Waals surface area (Å²) in [6, 6.07) is 14.7. The molecule has 1 atom stereocenters. The molecule has 0 saturated carbocycles. The van der Waals surface area contributed by atoms with Crippen LogP contribution in [0.25, 0.3) is 10.8 Å². The van der Waals surface area contributed by atoms with Crippen molar-refractivity contribution in [3.63, 3.8) is 0 Å². The monoisotopic (exact) mass is 511 g/mol. The Morgan fingerprint density at radius 3 is 2.60 bits per heavy atom. The van der Waals surface area contributed by atoms with Crippen molar-refractivity contribution in [3.05, 3.63) is 71.0 Å². The lowest BCUT2D eigenvalue weighted by atomic mass is 10.1. The number of aldehydes is 1. The highest BCUT2D eigenvalue weighted by molar-refractivity contribution is 7.98. The van der Waals surface area contributed by atoms with E-state index in [0.717, 1.165) is 46.1 Å². The van der Waals surface area contributed by atoms with Crippen molar-refractivity contribution >= 4 is 40.6 Å². The molecule has 7 heteroatoms. The molecule has 2 aliphatic rings. The number of hydrogen-bond acceptors (Lipinski definition) is 7. The molecule has 0 saturated heterocycles. The Bertz CT molecular complexity index is 1110. The molecule has 0 unspecified atom stereocenters. The van der Waals surface area contributed by atoms with Crippen LogP contribution in [0.15, 0.2) is 48.7 Å². The SMILES string of the molecule is CO[C@@H](COCc1ccc2ccccc2c1)COc1c2ncc(c1C=O)CSCCCCCSC2. The summed E-state index contributed by atoms with van der Waals surface area (Å²) in [6.07, 6.45) is 6.17. The highest BCUT2D eigenvalue weighted by atomic mass is 32.2. The molecule has 5 nitrogen and oxygen atoms in total. The van der Waals surface area contributed by atoms with Crippen molar-refractivity contribution in [1.82, 2.24) is 4.98 Å². The third kappa shape index (κ3) is 7.46. The fourth-order valence-electron chi connectivity index (χ4n) is 4.03. The quantitative estimate of drug-likeness (QED) is 0.312. The van der Waals surface area contributed by atoms with Crippen LogP contribution in [0.4, 0.5) is 0 Å². The number of ether oxygens (including phenoxy) is 3. The van der Waals surface area contributed by atoms with Crippen LogP contribution in [0.5, 0.6) is 5.75 Å². The van der Waals surface area contributed by atoms with Crippen LogP contribution < -0.4 is 4.74 Å². The van der Waals surface area contributed by atoms with E-state index in [4.69, 9.17) is 14.2 Å². The molecule has 3 aromatic rings. The summed E-state index contributed by atoms with van der Waals surface area (Å²) in [5.74, 6) is 4.29. The number of nitrogens with zero attached hydrogens (tertiary/aromatic N) is 1. The third-order valence-corrected chi connectivity index (χ3v) is 8.20. The van der Waals surface area contributed by atoms with E-state index in [1.54, 1.807) is 7.11 Å². The second kappa shape index (κ2) is 13.9. The topological polar surface area (TPSA) is 57.6 Å². The highest BCUT2D eigenvalue weighted by Crippen LogP contribution is 2.31. The Balaban J connectivity index is 1.39. The van der Waals surface area contributed by atoms with Crippen LogP contribution in [-0.4, -0.2) is 49.2 Å². The van der Waals surface area contributed by atoms with Gasteiger partial charge in [0.2, 0.25) is 0 Å². The van der Waals surface area contributed by atoms with Crippen molar-refractivity contribution < 1.29 is 19.0 Å². The predicted molar refractivity (Wildman–Crippen MR) is 146 cm³/mol. The van der Waals surface area contributed by atoms with Crippen LogP contribution in [0.2, 0.25) is 0 Å².